The number of fused-ring (bicyclic) bond motifs is 1. The minimum Gasteiger partial charge on any atom is -0.427 e. The molecule has 28 heavy (non-hydrogen) atoms. The largest absolute Gasteiger partial charge is 0.442 e. The van der Waals surface area contributed by atoms with Crippen molar-refractivity contribution >= 4 is 23.0 Å². The molecule has 1 aliphatic rings. The average Bonchev–Trinajstić information content (AvgIpc) is 3.11. The number of nitrogens with zero attached hydrogens (tertiary/aromatic N) is 3. The minimum absolute atomic E-state index is 0.0838. The molecule has 0 fully saturated rings. The van der Waals surface area contributed by atoms with E-state index in [1.54, 1.807) is 13.0 Å². The van der Waals surface area contributed by atoms with Crippen molar-refractivity contribution in [3.8, 4) is 5.75 Å². The fourth-order valence-electron chi connectivity index (χ4n) is 2.86. The smallest absolute Gasteiger partial charge is 0.427 e. The van der Waals surface area contributed by atoms with Gasteiger partial charge < -0.3 is 9.72 Å². The second kappa shape index (κ2) is 6.87. The Morgan fingerprint density at radius 3 is 2.93 bits per heavy atom. The highest BCUT2D eigenvalue weighted by Crippen LogP contribution is 2.34. The molecule has 0 radical (unpaired) electrons. The van der Waals surface area contributed by atoms with Crippen LogP contribution in [0, 0.1) is 6.92 Å². The van der Waals surface area contributed by atoms with E-state index in [9.17, 15) is 13.6 Å². The van der Waals surface area contributed by atoms with Crippen LogP contribution in [0.5, 0.6) is 5.75 Å². The number of halogens is 3. The standard InChI is InChI=1S/C19H15ClF2N4O2/c1-11-13(20)8-5-9-14(11)28-19(21,22)15-10-16(27)26-18(23-15)24-17(25-26)12-6-3-2-4-7-12/h2-3,5-6,8-10H,4,7H2,1H3,(H,23,24,25). The summed E-state index contributed by atoms with van der Waals surface area (Å²) in [5, 5.41) is 4.43. The molecule has 0 saturated heterocycles. The van der Waals surface area contributed by atoms with Crippen LogP contribution >= 0.6 is 11.6 Å². The highest BCUT2D eigenvalue weighted by Gasteiger charge is 2.37. The van der Waals surface area contributed by atoms with Gasteiger partial charge in [-0.05, 0) is 37.5 Å². The van der Waals surface area contributed by atoms with Gasteiger partial charge in [0, 0.05) is 16.7 Å². The lowest BCUT2D eigenvalue weighted by Crippen LogP contribution is -2.27. The first kappa shape index (κ1) is 18.4. The van der Waals surface area contributed by atoms with E-state index in [0.717, 1.165) is 22.6 Å². The predicted octanol–water partition coefficient (Wildman–Crippen LogP) is 4.24. The van der Waals surface area contributed by atoms with Crippen LogP contribution in [-0.2, 0) is 6.11 Å². The summed E-state index contributed by atoms with van der Waals surface area (Å²) in [4.78, 5) is 19.0. The van der Waals surface area contributed by atoms with Gasteiger partial charge in [0.05, 0.1) is 0 Å². The lowest BCUT2D eigenvalue weighted by atomic mass is 10.1. The molecule has 3 aromatic rings. The highest BCUT2D eigenvalue weighted by molar-refractivity contribution is 6.31. The molecule has 0 aliphatic heterocycles. The monoisotopic (exact) mass is 404 g/mol. The predicted molar refractivity (Wildman–Crippen MR) is 101 cm³/mol. The number of aromatic amines is 1. The molecule has 1 N–H and O–H groups in total. The van der Waals surface area contributed by atoms with Crippen LogP contribution in [-0.4, -0.2) is 19.6 Å². The summed E-state index contributed by atoms with van der Waals surface area (Å²) in [6.45, 7) is 1.57. The van der Waals surface area contributed by atoms with Gasteiger partial charge in [0.2, 0.25) is 5.78 Å². The molecule has 6 nitrogen and oxygen atoms in total. The van der Waals surface area contributed by atoms with Crippen molar-refractivity contribution in [1.82, 2.24) is 19.6 Å². The number of allylic oxidation sites excluding steroid dienone is 4. The molecular formula is C19H15ClF2N4O2. The summed E-state index contributed by atoms with van der Waals surface area (Å²) >= 11 is 5.95. The Kier molecular flexibility index (Phi) is 4.50. The maximum atomic E-state index is 14.7. The van der Waals surface area contributed by atoms with Crippen molar-refractivity contribution in [1.29, 1.82) is 0 Å². The van der Waals surface area contributed by atoms with Gasteiger partial charge >= 0.3 is 6.11 Å². The second-order valence-corrected chi connectivity index (χ2v) is 6.74. The van der Waals surface area contributed by atoms with E-state index < -0.39 is 17.4 Å². The van der Waals surface area contributed by atoms with Gasteiger partial charge in [-0.15, -0.1) is 5.10 Å². The third kappa shape index (κ3) is 3.31. The zero-order valence-corrected chi connectivity index (χ0v) is 15.5. The number of hydrogen-bond acceptors (Lipinski definition) is 4. The fourth-order valence-corrected chi connectivity index (χ4v) is 3.03. The summed E-state index contributed by atoms with van der Waals surface area (Å²) in [7, 11) is 0. The molecule has 2 heterocycles. The Labute approximate surface area is 163 Å². The van der Waals surface area contributed by atoms with Gasteiger partial charge in [0.1, 0.15) is 11.4 Å². The third-order valence-corrected chi connectivity index (χ3v) is 4.81. The summed E-state index contributed by atoms with van der Waals surface area (Å²) < 4.78 is 35.2. The van der Waals surface area contributed by atoms with Crippen LogP contribution < -0.4 is 10.3 Å². The summed E-state index contributed by atoms with van der Waals surface area (Å²) in [5.74, 6) is 0.156. The molecule has 0 atom stereocenters. The van der Waals surface area contributed by atoms with E-state index in [2.05, 4.69) is 15.1 Å². The molecule has 1 aromatic carbocycles. The number of rotatable bonds is 4. The van der Waals surface area contributed by atoms with Crippen LogP contribution in [0.3, 0.4) is 0 Å². The van der Waals surface area contributed by atoms with Gasteiger partial charge in [-0.25, -0.2) is 0 Å². The fraction of sp³-hybridized carbons (Fsp3) is 0.211. The Morgan fingerprint density at radius 1 is 1.36 bits per heavy atom. The molecule has 9 heteroatoms. The molecule has 0 amide bonds. The van der Waals surface area contributed by atoms with Crippen molar-refractivity contribution in [3.63, 3.8) is 0 Å². The quantitative estimate of drug-likeness (QED) is 0.706. The molecule has 0 spiro atoms. The molecule has 0 bridgehead atoms. The van der Waals surface area contributed by atoms with Gasteiger partial charge in [0.15, 0.2) is 5.82 Å². The van der Waals surface area contributed by atoms with E-state index in [1.807, 2.05) is 18.2 Å². The summed E-state index contributed by atoms with van der Waals surface area (Å²) in [5.41, 5.74) is -0.256. The van der Waals surface area contributed by atoms with Crippen LogP contribution in [0.25, 0.3) is 11.4 Å². The Balaban J connectivity index is 1.73. The SMILES string of the molecule is Cc1c(Cl)cccc1OC(F)(F)c1cc(=O)n2nc(C3=CC=CCC3)nc2[nH]1. The molecule has 0 unspecified atom stereocenters. The van der Waals surface area contributed by atoms with Crippen molar-refractivity contribution in [3.05, 3.63) is 75.0 Å². The maximum Gasteiger partial charge on any atom is 0.442 e. The first-order chi connectivity index (χ1) is 13.3. The topological polar surface area (TPSA) is 72.3 Å². The first-order valence-corrected chi connectivity index (χ1v) is 8.91. The van der Waals surface area contributed by atoms with Crippen LogP contribution in [0.4, 0.5) is 8.78 Å². The Morgan fingerprint density at radius 2 is 2.18 bits per heavy atom. The van der Waals surface area contributed by atoms with Gasteiger partial charge in [-0.3, -0.25) is 4.79 Å². The van der Waals surface area contributed by atoms with Crippen LogP contribution in [0.2, 0.25) is 5.02 Å². The zero-order chi connectivity index (χ0) is 19.9. The molecular weight excluding hydrogens is 390 g/mol. The minimum atomic E-state index is -3.80. The van der Waals surface area contributed by atoms with Crippen molar-refractivity contribution in [2.45, 2.75) is 25.9 Å². The average molecular weight is 405 g/mol. The van der Waals surface area contributed by atoms with Crippen molar-refractivity contribution < 1.29 is 13.5 Å². The molecule has 144 valence electrons. The lowest BCUT2D eigenvalue weighted by molar-refractivity contribution is -0.188. The van der Waals surface area contributed by atoms with Gasteiger partial charge in [-0.2, -0.15) is 18.3 Å². The number of alkyl halides is 2. The maximum absolute atomic E-state index is 14.7. The van der Waals surface area contributed by atoms with Gasteiger partial charge in [-0.1, -0.05) is 35.9 Å². The van der Waals surface area contributed by atoms with E-state index in [-0.39, 0.29) is 11.5 Å². The number of aromatic nitrogens is 4. The second-order valence-electron chi connectivity index (χ2n) is 6.33. The summed E-state index contributed by atoms with van der Waals surface area (Å²) in [6.07, 6.45) is 3.44. The molecule has 1 aliphatic carbocycles. The molecule has 2 aromatic heterocycles. The third-order valence-electron chi connectivity index (χ3n) is 4.40. The number of hydrogen-bond donors (Lipinski definition) is 1. The zero-order valence-electron chi connectivity index (χ0n) is 14.7. The normalized spacial score (nSPS) is 14.4. The van der Waals surface area contributed by atoms with Crippen LogP contribution in [0.1, 0.15) is 29.9 Å². The van der Waals surface area contributed by atoms with E-state index in [1.165, 1.54) is 12.1 Å². The van der Waals surface area contributed by atoms with E-state index in [0.29, 0.717) is 22.8 Å². The number of H-pyrrole nitrogens is 1. The molecule has 4 rings (SSSR count). The number of nitrogens with one attached hydrogen (secondary N) is 1. The molecule has 0 saturated carbocycles. The lowest BCUT2D eigenvalue weighted by Gasteiger charge is -2.19. The van der Waals surface area contributed by atoms with E-state index in [4.69, 9.17) is 16.3 Å². The first-order valence-electron chi connectivity index (χ1n) is 8.54. The van der Waals surface area contributed by atoms with Crippen LogP contribution in [0.15, 0.2) is 47.3 Å². The Bertz CT molecular complexity index is 1180. The number of benzene rings is 1. The highest BCUT2D eigenvalue weighted by atomic mass is 35.5. The van der Waals surface area contributed by atoms with E-state index >= 15 is 0 Å². The number of ether oxygens (including phenoxy) is 1. The van der Waals surface area contributed by atoms with Gasteiger partial charge in [0.25, 0.3) is 5.56 Å². The van der Waals surface area contributed by atoms with Crippen molar-refractivity contribution in [2.24, 2.45) is 0 Å². The Hall–Kier alpha value is -3.00. The summed E-state index contributed by atoms with van der Waals surface area (Å²) in [6, 6.07) is 5.21. The van der Waals surface area contributed by atoms with Crippen molar-refractivity contribution in [2.75, 3.05) is 0 Å².